The maximum atomic E-state index is 11.3. The Balaban J connectivity index is 3.33. The van der Waals surface area contributed by atoms with Gasteiger partial charge in [0.1, 0.15) is 0 Å². The Morgan fingerprint density at radius 1 is 1.57 bits per heavy atom. The Labute approximate surface area is 87.5 Å². The van der Waals surface area contributed by atoms with E-state index in [2.05, 4.69) is 25.1 Å². The molecule has 0 heterocycles. The standard InChI is InChI=1S/C12H21NO/c1-4-6-7-10-13-12(14)9-8-11(3)5-2/h1,11H,5-10H2,2-3H3,(H,13,14)/t11-/m0/s1. The van der Waals surface area contributed by atoms with Crippen molar-refractivity contribution in [3.05, 3.63) is 0 Å². The van der Waals surface area contributed by atoms with Crippen molar-refractivity contribution < 1.29 is 4.79 Å². The molecule has 1 N–H and O–H groups in total. The topological polar surface area (TPSA) is 29.1 Å². The molecular weight excluding hydrogens is 174 g/mol. The number of amides is 1. The number of carbonyl (C=O) groups excluding carboxylic acids is 1. The van der Waals surface area contributed by atoms with Gasteiger partial charge in [0, 0.05) is 19.4 Å². The summed E-state index contributed by atoms with van der Waals surface area (Å²) in [5.41, 5.74) is 0. The molecule has 0 aliphatic carbocycles. The molecule has 0 aliphatic heterocycles. The van der Waals surface area contributed by atoms with Crippen LogP contribution in [-0.4, -0.2) is 12.5 Å². The van der Waals surface area contributed by atoms with Gasteiger partial charge in [0.25, 0.3) is 0 Å². The Morgan fingerprint density at radius 3 is 2.86 bits per heavy atom. The van der Waals surface area contributed by atoms with E-state index in [-0.39, 0.29) is 5.91 Å². The van der Waals surface area contributed by atoms with E-state index in [1.54, 1.807) is 0 Å². The van der Waals surface area contributed by atoms with Crippen molar-refractivity contribution in [1.82, 2.24) is 5.32 Å². The minimum absolute atomic E-state index is 0.155. The first-order valence-corrected chi connectivity index (χ1v) is 5.40. The van der Waals surface area contributed by atoms with Crippen molar-refractivity contribution in [1.29, 1.82) is 0 Å². The highest BCUT2D eigenvalue weighted by molar-refractivity contribution is 5.75. The quantitative estimate of drug-likeness (QED) is 0.490. The summed E-state index contributed by atoms with van der Waals surface area (Å²) in [6.07, 6.45) is 9.49. The molecule has 2 heteroatoms. The van der Waals surface area contributed by atoms with Crippen LogP contribution in [0.15, 0.2) is 0 Å². The summed E-state index contributed by atoms with van der Waals surface area (Å²) in [6.45, 7) is 5.03. The van der Waals surface area contributed by atoms with Gasteiger partial charge in [-0.05, 0) is 18.8 Å². The van der Waals surface area contributed by atoms with Crippen molar-refractivity contribution in [3.63, 3.8) is 0 Å². The molecule has 1 amide bonds. The minimum atomic E-state index is 0.155. The lowest BCUT2D eigenvalue weighted by Crippen LogP contribution is -2.24. The van der Waals surface area contributed by atoms with Crippen molar-refractivity contribution >= 4 is 5.91 Å². The lowest BCUT2D eigenvalue weighted by molar-refractivity contribution is -0.121. The number of unbranched alkanes of at least 4 members (excludes halogenated alkanes) is 1. The van der Waals surface area contributed by atoms with Gasteiger partial charge < -0.3 is 5.32 Å². The first-order chi connectivity index (χ1) is 6.70. The molecule has 0 bridgehead atoms. The zero-order valence-corrected chi connectivity index (χ0v) is 9.31. The van der Waals surface area contributed by atoms with E-state index in [0.29, 0.717) is 18.9 Å². The molecule has 0 unspecified atom stereocenters. The van der Waals surface area contributed by atoms with Gasteiger partial charge in [-0.25, -0.2) is 0 Å². The van der Waals surface area contributed by atoms with Crippen LogP contribution in [0.1, 0.15) is 46.0 Å². The first kappa shape index (κ1) is 13.0. The number of hydrogen-bond acceptors (Lipinski definition) is 1. The molecule has 80 valence electrons. The van der Waals surface area contributed by atoms with E-state index in [1.807, 2.05) is 0 Å². The average molecular weight is 195 g/mol. The fourth-order valence-corrected chi connectivity index (χ4v) is 1.09. The molecule has 0 aromatic heterocycles. The Bertz CT molecular complexity index is 193. The third kappa shape index (κ3) is 7.67. The van der Waals surface area contributed by atoms with Crippen LogP contribution in [-0.2, 0) is 4.79 Å². The molecule has 0 rings (SSSR count). The third-order valence-electron chi connectivity index (χ3n) is 2.38. The minimum Gasteiger partial charge on any atom is -0.356 e. The van der Waals surface area contributed by atoms with E-state index in [0.717, 1.165) is 25.7 Å². The smallest absolute Gasteiger partial charge is 0.220 e. The molecule has 0 spiro atoms. The monoisotopic (exact) mass is 195 g/mol. The average Bonchev–Trinajstić information content (AvgIpc) is 2.21. The zero-order valence-electron chi connectivity index (χ0n) is 9.31. The zero-order chi connectivity index (χ0) is 10.8. The molecule has 1 atom stereocenters. The molecular formula is C12H21NO. The van der Waals surface area contributed by atoms with E-state index in [1.165, 1.54) is 0 Å². The fourth-order valence-electron chi connectivity index (χ4n) is 1.09. The van der Waals surface area contributed by atoms with Gasteiger partial charge in [-0.3, -0.25) is 4.79 Å². The van der Waals surface area contributed by atoms with Crippen molar-refractivity contribution in [3.8, 4) is 12.3 Å². The second kappa shape index (κ2) is 8.62. The number of terminal acetylenes is 1. The molecule has 0 saturated carbocycles. The second-order valence-corrected chi connectivity index (χ2v) is 3.71. The van der Waals surface area contributed by atoms with Gasteiger partial charge in [-0.2, -0.15) is 0 Å². The summed E-state index contributed by atoms with van der Waals surface area (Å²) in [4.78, 5) is 11.3. The molecule has 2 nitrogen and oxygen atoms in total. The summed E-state index contributed by atoms with van der Waals surface area (Å²) in [5.74, 6) is 3.35. The second-order valence-electron chi connectivity index (χ2n) is 3.71. The molecule has 0 aromatic rings. The number of rotatable bonds is 7. The van der Waals surface area contributed by atoms with Crippen LogP contribution >= 0.6 is 0 Å². The summed E-state index contributed by atoms with van der Waals surface area (Å²) in [7, 11) is 0. The van der Waals surface area contributed by atoms with Crippen molar-refractivity contribution in [2.45, 2.75) is 46.0 Å². The molecule has 0 aliphatic rings. The lowest BCUT2D eigenvalue weighted by atomic mass is 10.0. The maximum absolute atomic E-state index is 11.3. The Kier molecular flexibility index (Phi) is 8.02. The number of carbonyl (C=O) groups is 1. The largest absolute Gasteiger partial charge is 0.356 e. The summed E-state index contributed by atoms with van der Waals surface area (Å²) >= 11 is 0. The molecule has 0 saturated heterocycles. The maximum Gasteiger partial charge on any atom is 0.220 e. The van der Waals surface area contributed by atoms with Crippen molar-refractivity contribution in [2.75, 3.05) is 6.54 Å². The lowest BCUT2D eigenvalue weighted by Gasteiger charge is -2.07. The van der Waals surface area contributed by atoms with Crippen LogP contribution in [0.5, 0.6) is 0 Å². The van der Waals surface area contributed by atoms with Gasteiger partial charge in [0.05, 0.1) is 0 Å². The van der Waals surface area contributed by atoms with E-state index in [4.69, 9.17) is 6.42 Å². The molecule has 0 radical (unpaired) electrons. The van der Waals surface area contributed by atoms with Crippen molar-refractivity contribution in [2.24, 2.45) is 5.92 Å². The van der Waals surface area contributed by atoms with Gasteiger partial charge in [-0.1, -0.05) is 20.3 Å². The highest BCUT2D eigenvalue weighted by atomic mass is 16.1. The SMILES string of the molecule is C#CCCCNC(=O)CC[C@@H](C)CC. The van der Waals surface area contributed by atoms with E-state index >= 15 is 0 Å². The van der Waals surface area contributed by atoms with Crippen LogP contribution in [0, 0.1) is 18.3 Å². The van der Waals surface area contributed by atoms with Crippen LogP contribution < -0.4 is 5.32 Å². The van der Waals surface area contributed by atoms with Crippen LogP contribution in [0.2, 0.25) is 0 Å². The van der Waals surface area contributed by atoms with Gasteiger partial charge >= 0.3 is 0 Å². The Morgan fingerprint density at radius 2 is 2.29 bits per heavy atom. The van der Waals surface area contributed by atoms with Gasteiger partial charge in [-0.15, -0.1) is 12.3 Å². The van der Waals surface area contributed by atoms with E-state index < -0.39 is 0 Å². The van der Waals surface area contributed by atoms with E-state index in [9.17, 15) is 4.79 Å². The molecule has 0 aromatic carbocycles. The first-order valence-electron chi connectivity index (χ1n) is 5.40. The third-order valence-corrected chi connectivity index (χ3v) is 2.38. The van der Waals surface area contributed by atoms with Gasteiger partial charge in [0.2, 0.25) is 5.91 Å². The molecule has 0 fully saturated rings. The predicted octanol–water partition coefficient (Wildman–Crippen LogP) is 2.34. The van der Waals surface area contributed by atoms with Crippen LogP contribution in [0.25, 0.3) is 0 Å². The number of hydrogen-bond donors (Lipinski definition) is 1. The normalized spacial score (nSPS) is 11.8. The summed E-state index contributed by atoms with van der Waals surface area (Å²) < 4.78 is 0. The fraction of sp³-hybridized carbons (Fsp3) is 0.750. The highest BCUT2D eigenvalue weighted by Gasteiger charge is 2.03. The molecule has 14 heavy (non-hydrogen) atoms. The van der Waals surface area contributed by atoms with Crippen LogP contribution in [0.3, 0.4) is 0 Å². The Hall–Kier alpha value is -0.970. The summed E-state index contributed by atoms with van der Waals surface area (Å²) in [6, 6.07) is 0. The highest BCUT2D eigenvalue weighted by Crippen LogP contribution is 2.08. The van der Waals surface area contributed by atoms with Crippen LogP contribution in [0.4, 0.5) is 0 Å². The summed E-state index contributed by atoms with van der Waals surface area (Å²) in [5, 5.41) is 2.86. The predicted molar refractivity (Wildman–Crippen MR) is 59.8 cm³/mol. The number of nitrogens with one attached hydrogen (secondary N) is 1. The van der Waals surface area contributed by atoms with Gasteiger partial charge in [0.15, 0.2) is 0 Å².